The molecule has 0 amide bonds. The molecular weight excluding hydrogens is 387 g/mol. The molecule has 27 heavy (non-hydrogen) atoms. The van der Waals surface area contributed by atoms with Crippen molar-refractivity contribution >= 4 is 10.1 Å². The molecular formula is C21H43KO4S. The fourth-order valence-corrected chi connectivity index (χ4v) is 4.46. The summed E-state index contributed by atoms with van der Waals surface area (Å²) in [5, 5.41) is 8.25. The summed E-state index contributed by atoms with van der Waals surface area (Å²) in [6, 6.07) is 0. The molecule has 0 rings (SSSR count). The summed E-state index contributed by atoms with van der Waals surface area (Å²) in [6.45, 7) is 3.64. The van der Waals surface area contributed by atoms with Crippen molar-refractivity contribution in [2.45, 2.75) is 134 Å². The van der Waals surface area contributed by atoms with Gasteiger partial charge in [0.25, 0.3) is 0 Å². The van der Waals surface area contributed by atoms with Gasteiger partial charge in [-0.1, -0.05) is 110 Å². The van der Waals surface area contributed by atoms with Crippen molar-refractivity contribution in [3.05, 3.63) is 0 Å². The molecule has 0 aliphatic heterocycles. The Labute approximate surface area is 211 Å². The van der Waals surface area contributed by atoms with E-state index in [9.17, 15) is 18.1 Å². The van der Waals surface area contributed by atoms with E-state index in [4.69, 9.17) is 0 Å². The van der Waals surface area contributed by atoms with Crippen LogP contribution in [0.5, 0.6) is 0 Å². The number of hydrogen-bond donors (Lipinski definition) is 1. The molecule has 158 valence electrons. The van der Waals surface area contributed by atoms with Crippen LogP contribution in [0, 0.1) is 0 Å². The molecule has 0 spiro atoms. The van der Waals surface area contributed by atoms with Gasteiger partial charge in [0.15, 0.2) is 0 Å². The molecule has 1 N–H and O–H groups in total. The quantitative estimate of drug-likeness (QED) is 0.194. The van der Waals surface area contributed by atoms with Gasteiger partial charge in [-0.25, -0.2) is 8.42 Å². The summed E-state index contributed by atoms with van der Waals surface area (Å²) in [4.78, 5) is 0. The van der Waals surface area contributed by atoms with Gasteiger partial charge in [-0.15, -0.1) is 0 Å². The molecule has 0 aromatic heterocycles. The van der Waals surface area contributed by atoms with Gasteiger partial charge >= 0.3 is 51.4 Å². The van der Waals surface area contributed by atoms with Gasteiger partial charge in [-0.2, -0.15) is 0 Å². The van der Waals surface area contributed by atoms with Crippen molar-refractivity contribution in [1.82, 2.24) is 0 Å². The fourth-order valence-electron chi connectivity index (χ4n) is 3.52. The van der Waals surface area contributed by atoms with E-state index in [1.165, 1.54) is 90.4 Å². The van der Waals surface area contributed by atoms with Crippen LogP contribution in [0.25, 0.3) is 0 Å². The van der Waals surface area contributed by atoms with Crippen LogP contribution in [0.1, 0.15) is 123 Å². The average Bonchev–Trinajstić information content (AvgIpc) is 2.56. The van der Waals surface area contributed by atoms with Crippen LogP contribution < -0.4 is 51.4 Å². The predicted octanol–water partition coefficient (Wildman–Crippen LogP) is 2.94. The van der Waals surface area contributed by atoms with Gasteiger partial charge < -0.3 is 9.66 Å². The van der Waals surface area contributed by atoms with Crippen LogP contribution in [-0.4, -0.2) is 29.4 Å². The van der Waals surface area contributed by atoms with Crippen molar-refractivity contribution < 1.29 is 69.5 Å². The fraction of sp³-hybridized carbons (Fsp3) is 1.00. The van der Waals surface area contributed by atoms with Crippen LogP contribution in [0.15, 0.2) is 0 Å². The molecule has 0 aliphatic carbocycles. The van der Waals surface area contributed by atoms with Crippen molar-refractivity contribution in [1.29, 1.82) is 0 Å². The molecule has 0 aliphatic rings. The Morgan fingerprint density at radius 3 is 1.26 bits per heavy atom. The minimum absolute atomic E-state index is 0. The molecule has 0 aromatic carbocycles. The summed E-state index contributed by atoms with van der Waals surface area (Å²) in [7, 11) is -4.38. The van der Waals surface area contributed by atoms with E-state index < -0.39 is 21.5 Å². The van der Waals surface area contributed by atoms with Gasteiger partial charge in [-0.05, 0) is 13.3 Å². The zero-order chi connectivity index (χ0) is 19.7. The zero-order valence-corrected chi connectivity index (χ0v) is 22.2. The maximum Gasteiger partial charge on any atom is 1.00 e. The monoisotopic (exact) mass is 430 g/mol. The van der Waals surface area contributed by atoms with E-state index in [1.807, 2.05) is 0 Å². The summed E-state index contributed by atoms with van der Waals surface area (Å²) in [5.74, 6) is 0. The maximum absolute atomic E-state index is 11.0. The number of unbranched alkanes of at least 4 members (excludes halogenated alkanes) is 15. The Morgan fingerprint density at radius 1 is 0.704 bits per heavy atom. The van der Waals surface area contributed by atoms with Gasteiger partial charge in [0.05, 0.1) is 11.4 Å². The van der Waals surface area contributed by atoms with Crippen molar-refractivity contribution in [2.24, 2.45) is 0 Å². The Morgan fingerprint density at radius 2 is 1.00 bits per heavy atom. The number of hydrogen-bond acceptors (Lipinski definition) is 4. The summed E-state index contributed by atoms with van der Waals surface area (Å²) >= 11 is 0. The first-order valence-corrected chi connectivity index (χ1v) is 12.5. The summed E-state index contributed by atoms with van der Waals surface area (Å²) in [6.07, 6.45) is 19.4. The third kappa shape index (κ3) is 20.6. The third-order valence-electron chi connectivity index (χ3n) is 5.25. The van der Waals surface area contributed by atoms with E-state index in [-0.39, 0.29) is 57.8 Å². The van der Waals surface area contributed by atoms with Crippen LogP contribution in [0.3, 0.4) is 0 Å². The Hall–Kier alpha value is 1.51. The van der Waals surface area contributed by atoms with Gasteiger partial charge in [0, 0.05) is 0 Å². The molecule has 0 saturated heterocycles. The topological polar surface area (TPSA) is 77.4 Å². The van der Waals surface area contributed by atoms with E-state index in [2.05, 4.69) is 6.92 Å². The van der Waals surface area contributed by atoms with Gasteiger partial charge in [-0.3, -0.25) is 0 Å². The first-order chi connectivity index (χ1) is 12.4. The third-order valence-corrected chi connectivity index (χ3v) is 6.62. The molecule has 0 fully saturated rings. The smallest absolute Gasteiger partial charge is 0.748 e. The molecule has 2 atom stereocenters. The number of aliphatic hydroxyl groups is 1. The standard InChI is InChI=1S/C21H44O4S.K/c1-3-4-5-6-7-8-9-10-11-12-13-14-15-16-17-18-19-21(20(2)22)26(23,24)25;/h20-22H,3-19H2,1-2H3,(H,23,24,25);/q;+1/p-1. The molecule has 0 saturated carbocycles. The molecule has 2 unspecified atom stereocenters. The molecule has 0 radical (unpaired) electrons. The zero-order valence-electron chi connectivity index (χ0n) is 18.3. The average molecular weight is 431 g/mol. The van der Waals surface area contributed by atoms with Crippen LogP contribution >= 0.6 is 0 Å². The molecule has 4 nitrogen and oxygen atoms in total. The van der Waals surface area contributed by atoms with Gasteiger partial charge in [0.2, 0.25) is 0 Å². The molecule has 0 aromatic rings. The second-order valence-corrected chi connectivity index (χ2v) is 9.45. The van der Waals surface area contributed by atoms with Gasteiger partial charge in [0.1, 0.15) is 10.1 Å². The maximum atomic E-state index is 11.0. The number of aliphatic hydroxyl groups excluding tert-OH is 1. The van der Waals surface area contributed by atoms with E-state index in [0.29, 0.717) is 6.42 Å². The first-order valence-electron chi connectivity index (χ1n) is 11.0. The Kier molecular flexibility index (Phi) is 23.6. The van der Waals surface area contributed by atoms with E-state index in [1.54, 1.807) is 0 Å². The predicted molar refractivity (Wildman–Crippen MR) is 109 cm³/mol. The minimum atomic E-state index is -4.38. The Balaban J connectivity index is 0. The molecule has 0 heterocycles. The second-order valence-electron chi connectivity index (χ2n) is 7.86. The second kappa shape index (κ2) is 20.8. The van der Waals surface area contributed by atoms with Crippen LogP contribution in [0.2, 0.25) is 0 Å². The Bertz CT molecular complexity index is 399. The molecule has 6 heteroatoms. The number of rotatable bonds is 19. The summed E-state index contributed by atoms with van der Waals surface area (Å²) < 4.78 is 33.1. The minimum Gasteiger partial charge on any atom is -0.748 e. The van der Waals surface area contributed by atoms with Crippen LogP contribution in [-0.2, 0) is 10.1 Å². The van der Waals surface area contributed by atoms with Crippen molar-refractivity contribution in [2.75, 3.05) is 0 Å². The largest absolute Gasteiger partial charge is 1.00 e. The first kappa shape index (κ1) is 30.7. The van der Waals surface area contributed by atoms with Crippen molar-refractivity contribution in [3.63, 3.8) is 0 Å². The molecule has 0 bridgehead atoms. The van der Waals surface area contributed by atoms with Crippen LogP contribution in [0.4, 0.5) is 0 Å². The van der Waals surface area contributed by atoms with E-state index >= 15 is 0 Å². The van der Waals surface area contributed by atoms with E-state index in [0.717, 1.165) is 12.8 Å². The van der Waals surface area contributed by atoms with Crippen molar-refractivity contribution in [3.8, 4) is 0 Å². The SMILES string of the molecule is CCCCCCCCCCCCCCCCCCC(C(C)O)S(=O)(=O)[O-].[K+]. The normalized spacial score (nSPS) is 13.9. The summed E-state index contributed by atoms with van der Waals surface area (Å²) in [5.41, 5.74) is 0.